The van der Waals surface area contributed by atoms with Gasteiger partial charge in [-0.3, -0.25) is 0 Å². The molecule has 4 heteroatoms. The van der Waals surface area contributed by atoms with E-state index in [-0.39, 0.29) is 35.6 Å². The molecule has 2 aliphatic rings. The molecule has 1 heterocycles. The van der Waals surface area contributed by atoms with Crippen molar-refractivity contribution in [2.75, 3.05) is 0 Å². The first kappa shape index (κ1) is 36.3. The summed E-state index contributed by atoms with van der Waals surface area (Å²) in [5.74, 6) is 0.358. The minimum absolute atomic E-state index is 0. The van der Waals surface area contributed by atoms with E-state index in [1.54, 1.807) is 6.49 Å². The predicted octanol–water partition coefficient (Wildman–Crippen LogP) is 5.46. The van der Waals surface area contributed by atoms with Crippen LogP contribution < -0.4 is 24.8 Å². The Kier molecular flexibility index (Phi) is 10.6. The van der Waals surface area contributed by atoms with Gasteiger partial charge in [0.25, 0.3) is 0 Å². The summed E-state index contributed by atoms with van der Waals surface area (Å²) in [4.78, 5) is 0. The second kappa shape index (κ2) is 14.1. The first-order valence-electron chi connectivity index (χ1n) is 16.6. The molecule has 5 aromatic rings. The molecule has 0 amide bonds. The second-order valence-electron chi connectivity index (χ2n) is 15.0. The molecule has 0 bridgehead atoms. The maximum atomic E-state index is 5.69. The van der Waals surface area contributed by atoms with Crippen molar-refractivity contribution in [3.63, 3.8) is 0 Å². The van der Waals surface area contributed by atoms with Gasteiger partial charge < -0.3 is 24.8 Å². The van der Waals surface area contributed by atoms with Crippen molar-refractivity contribution in [3.05, 3.63) is 170 Å². The number of benzene rings is 4. The Labute approximate surface area is 307 Å². The third-order valence-electron chi connectivity index (χ3n) is 9.85. The van der Waals surface area contributed by atoms with Crippen molar-refractivity contribution in [1.82, 2.24) is 0 Å². The Morgan fingerprint density at radius 2 is 1.15 bits per heavy atom. The molecular weight excluding hydrogens is 707 g/mol. The molecule has 244 valence electrons. The van der Waals surface area contributed by atoms with Gasteiger partial charge in [-0.05, 0) is 0 Å². The summed E-state index contributed by atoms with van der Waals surface area (Å²) in [5, 5.41) is 0. The van der Waals surface area contributed by atoms with Crippen LogP contribution >= 0.6 is 0 Å². The summed E-state index contributed by atoms with van der Waals surface area (Å²) in [6.45, 7) is 16.4. The van der Waals surface area contributed by atoms with Crippen LogP contribution in [0.2, 0.25) is 0 Å². The van der Waals surface area contributed by atoms with Crippen LogP contribution in [0, 0.1) is 5.92 Å². The number of furan rings is 1. The maximum Gasteiger partial charge on any atom is -1.00 e. The summed E-state index contributed by atoms with van der Waals surface area (Å²) in [6, 6.07) is 39.5. The van der Waals surface area contributed by atoms with Gasteiger partial charge in [0.05, 0.1) is 0 Å². The summed E-state index contributed by atoms with van der Waals surface area (Å²) in [7, 11) is 0. The number of hydrogen-bond acceptors (Lipinski definition) is 1. The largest absolute Gasteiger partial charge is 1.00 e. The van der Waals surface area contributed by atoms with E-state index < -0.39 is 21.3 Å². The second-order valence-corrected chi connectivity index (χ2v) is 21.1. The first-order valence-corrected chi connectivity index (χ1v) is 20.5. The average Bonchev–Trinajstić information content (AvgIpc) is 3.77. The topological polar surface area (TPSA) is 13.1 Å². The molecular formula is C44H44Cl2OZr. The quantitative estimate of drug-likeness (QED) is 0.233. The van der Waals surface area contributed by atoms with Gasteiger partial charge in [-0.1, -0.05) is 0 Å². The number of hydrogen-bond donors (Lipinski definition) is 0. The Bertz CT molecular complexity index is 1900. The van der Waals surface area contributed by atoms with Crippen LogP contribution in [0.15, 0.2) is 136 Å². The molecule has 0 N–H and O–H groups in total. The minimum Gasteiger partial charge on any atom is -1.00 e. The SMILES string of the molecule is CC1C=CC(c2ccoc2)=[C]1[Zr+2](=[C](c1ccccc1)c1ccccc1)[CH]1c2ccc(C(C)(C)C)cc2-c2cc(C(C)(C)C)ccc21.[Cl-].[Cl-]. The van der Waals surface area contributed by atoms with Crippen molar-refractivity contribution in [2.24, 2.45) is 5.92 Å². The summed E-state index contributed by atoms with van der Waals surface area (Å²) in [5.41, 5.74) is 14.1. The molecule has 0 aliphatic heterocycles. The molecule has 4 aromatic carbocycles. The van der Waals surface area contributed by atoms with Crippen molar-refractivity contribution < 1.29 is 50.5 Å². The standard InChI is InChI=1S/C21H25.C13H10.C10H9O.2ClH.Zr/c1-20(2,3)16-9-7-14-11-15-8-10-17(21(4,5)6)13-19(15)18(14)12-16;1-3-7-12(8-4-1)11-13-9-5-2-6-10-13;1-8-2-3-9(6-8)10-4-5-11-7-10;;;/h7-13H,1-6H3;1-10H;2-5,7-8H,1H3;2*1H;/q;;;;;+2/p-2. The third-order valence-corrected chi connectivity index (χ3v) is 18.8. The van der Waals surface area contributed by atoms with Crippen LogP contribution in [0.5, 0.6) is 0 Å². The normalized spacial score (nSPS) is 15.2. The van der Waals surface area contributed by atoms with E-state index in [0.29, 0.717) is 9.54 Å². The van der Waals surface area contributed by atoms with Crippen LogP contribution in [0.25, 0.3) is 16.7 Å². The van der Waals surface area contributed by atoms with Gasteiger partial charge >= 0.3 is 284 Å². The number of fused-ring (bicyclic) bond motifs is 3. The van der Waals surface area contributed by atoms with E-state index in [0.717, 1.165) is 0 Å². The van der Waals surface area contributed by atoms with E-state index in [1.807, 2.05) is 12.5 Å². The van der Waals surface area contributed by atoms with E-state index in [4.69, 9.17) is 4.42 Å². The van der Waals surface area contributed by atoms with Crippen LogP contribution in [0.1, 0.15) is 91.0 Å². The summed E-state index contributed by atoms with van der Waals surface area (Å²) in [6.07, 6.45) is 8.56. The van der Waals surface area contributed by atoms with Gasteiger partial charge in [0.2, 0.25) is 0 Å². The fourth-order valence-electron chi connectivity index (χ4n) is 7.35. The molecule has 48 heavy (non-hydrogen) atoms. The molecule has 7 rings (SSSR count). The van der Waals surface area contributed by atoms with Crippen LogP contribution in [0.4, 0.5) is 0 Å². The van der Waals surface area contributed by atoms with Crippen LogP contribution in [-0.2, 0) is 32.1 Å². The fraction of sp³-hybridized carbons (Fsp3) is 0.250. The summed E-state index contributed by atoms with van der Waals surface area (Å²) >= 11 is -2.96. The van der Waals surface area contributed by atoms with E-state index in [9.17, 15) is 0 Å². The van der Waals surface area contributed by atoms with E-state index >= 15 is 0 Å². The maximum absolute atomic E-state index is 5.69. The monoisotopic (exact) mass is 748 g/mol. The first-order chi connectivity index (χ1) is 22.0. The Morgan fingerprint density at radius 1 is 0.646 bits per heavy atom. The number of rotatable bonds is 5. The van der Waals surface area contributed by atoms with E-state index in [1.165, 1.54) is 55.6 Å². The van der Waals surface area contributed by atoms with Crippen LogP contribution in [-0.4, -0.2) is 3.21 Å². The zero-order valence-electron chi connectivity index (χ0n) is 28.9. The van der Waals surface area contributed by atoms with Crippen LogP contribution in [0.3, 0.4) is 0 Å². The third kappa shape index (κ3) is 6.62. The van der Waals surface area contributed by atoms with E-state index in [2.05, 4.69) is 164 Å². The molecule has 0 spiro atoms. The van der Waals surface area contributed by atoms with Gasteiger partial charge in [-0.25, -0.2) is 0 Å². The molecule has 1 nitrogen and oxygen atoms in total. The molecule has 0 radical (unpaired) electrons. The molecule has 0 fully saturated rings. The van der Waals surface area contributed by atoms with Gasteiger partial charge in [0.15, 0.2) is 0 Å². The molecule has 0 saturated carbocycles. The summed E-state index contributed by atoms with van der Waals surface area (Å²) < 4.78 is 9.25. The van der Waals surface area contributed by atoms with Crippen molar-refractivity contribution in [2.45, 2.75) is 62.9 Å². The Morgan fingerprint density at radius 3 is 1.58 bits per heavy atom. The van der Waals surface area contributed by atoms with Gasteiger partial charge in [-0.15, -0.1) is 0 Å². The molecule has 2 aliphatic carbocycles. The van der Waals surface area contributed by atoms with Crippen molar-refractivity contribution >= 4 is 8.78 Å². The van der Waals surface area contributed by atoms with Gasteiger partial charge in [0, 0.05) is 0 Å². The number of halogens is 2. The zero-order valence-corrected chi connectivity index (χ0v) is 32.9. The van der Waals surface area contributed by atoms with Gasteiger partial charge in [0.1, 0.15) is 0 Å². The minimum atomic E-state index is -2.96. The fourth-order valence-corrected chi connectivity index (χ4v) is 17.3. The van der Waals surface area contributed by atoms with Gasteiger partial charge in [-0.2, -0.15) is 0 Å². The molecule has 1 aromatic heterocycles. The molecule has 0 saturated heterocycles. The van der Waals surface area contributed by atoms with Crippen molar-refractivity contribution in [3.8, 4) is 11.1 Å². The average molecular weight is 751 g/mol. The molecule has 1 atom stereocenters. The Hall–Kier alpha value is -3.03. The predicted molar refractivity (Wildman–Crippen MR) is 191 cm³/mol. The number of allylic oxidation sites excluding steroid dienone is 4. The zero-order chi connectivity index (χ0) is 32.2. The van der Waals surface area contributed by atoms with Crippen molar-refractivity contribution in [1.29, 1.82) is 0 Å². The molecule has 1 unspecified atom stereocenters. The Balaban J connectivity index is 0.00000225. The smallest absolute Gasteiger partial charge is 1.00 e.